The first kappa shape index (κ1) is 19.4. The van der Waals surface area contributed by atoms with Crippen LogP contribution in [0.2, 0.25) is 0 Å². The number of benzene rings is 2. The Morgan fingerprint density at radius 3 is 2.45 bits per heavy atom. The molecule has 1 aromatic heterocycles. The van der Waals surface area contributed by atoms with Gasteiger partial charge in [0.05, 0.1) is 16.8 Å². The van der Waals surface area contributed by atoms with E-state index in [2.05, 4.69) is 20.5 Å². The van der Waals surface area contributed by atoms with Crippen molar-refractivity contribution < 1.29 is 9.59 Å². The van der Waals surface area contributed by atoms with E-state index in [1.165, 1.54) is 11.3 Å². The summed E-state index contributed by atoms with van der Waals surface area (Å²) in [6.07, 6.45) is 0. The highest BCUT2D eigenvalue weighted by Gasteiger charge is 2.23. The lowest BCUT2D eigenvalue weighted by Gasteiger charge is -2.34. The van der Waals surface area contributed by atoms with Crippen molar-refractivity contribution in [1.29, 1.82) is 0 Å². The monoisotopic (exact) mass is 409 g/mol. The van der Waals surface area contributed by atoms with Crippen molar-refractivity contribution in [2.24, 2.45) is 0 Å². The van der Waals surface area contributed by atoms with Gasteiger partial charge >= 0.3 is 6.03 Å². The number of hydrogen-bond acceptors (Lipinski definition) is 5. The van der Waals surface area contributed by atoms with Gasteiger partial charge < -0.3 is 10.2 Å². The second-order valence-electron chi connectivity index (χ2n) is 7.09. The molecule has 3 aromatic rings. The third-order valence-corrected chi connectivity index (χ3v) is 5.82. The fourth-order valence-electron chi connectivity index (χ4n) is 3.25. The molecule has 0 bridgehead atoms. The number of aromatic nitrogens is 1. The van der Waals surface area contributed by atoms with Crippen LogP contribution in [-0.4, -0.2) is 59.4 Å². The Kier molecular flexibility index (Phi) is 5.73. The first-order valence-electron chi connectivity index (χ1n) is 9.57. The first-order valence-corrected chi connectivity index (χ1v) is 10.4. The number of amides is 3. The molecule has 4 rings (SSSR count). The molecule has 2 N–H and O–H groups in total. The molecule has 0 radical (unpaired) electrons. The standard InChI is InChI=1S/C21H23N5O2S/c1-15-6-8-16(9-7-15)22-19(27)14-25-10-12-26(13-11-25)21(28)24-20-23-17-4-2-3-5-18(17)29-20/h2-9H,10-14H2,1H3,(H,22,27)(H,23,24,28). The molecule has 2 heterocycles. The smallest absolute Gasteiger partial charge is 0.323 e. The molecule has 1 saturated heterocycles. The van der Waals surface area contributed by atoms with E-state index < -0.39 is 0 Å². The third-order valence-electron chi connectivity index (χ3n) is 4.87. The number of rotatable bonds is 4. The summed E-state index contributed by atoms with van der Waals surface area (Å²) >= 11 is 1.47. The van der Waals surface area contributed by atoms with Gasteiger partial charge in [-0.25, -0.2) is 9.78 Å². The van der Waals surface area contributed by atoms with Crippen molar-refractivity contribution >= 4 is 44.3 Å². The topological polar surface area (TPSA) is 77.6 Å². The molecule has 1 aliphatic heterocycles. The molecule has 29 heavy (non-hydrogen) atoms. The number of fused-ring (bicyclic) bond motifs is 1. The molecule has 3 amide bonds. The van der Waals surface area contributed by atoms with Crippen LogP contribution in [0, 0.1) is 6.92 Å². The predicted octanol–water partition coefficient (Wildman–Crippen LogP) is 3.39. The summed E-state index contributed by atoms with van der Waals surface area (Å²) in [4.78, 5) is 33.0. The van der Waals surface area contributed by atoms with Crippen LogP contribution in [0.5, 0.6) is 0 Å². The largest absolute Gasteiger partial charge is 0.325 e. The van der Waals surface area contributed by atoms with Crippen LogP contribution in [0.3, 0.4) is 0 Å². The Hall–Kier alpha value is -2.97. The van der Waals surface area contributed by atoms with Gasteiger partial charge in [0.25, 0.3) is 0 Å². The SMILES string of the molecule is Cc1ccc(NC(=O)CN2CCN(C(=O)Nc3nc4ccccc4s3)CC2)cc1. The minimum Gasteiger partial charge on any atom is -0.325 e. The highest BCUT2D eigenvalue weighted by molar-refractivity contribution is 7.22. The van der Waals surface area contributed by atoms with Crippen molar-refractivity contribution in [2.75, 3.05) is 43.4 Å². The zero-order valence-electron chi connectivity index (χ0n) is 16.2. The lowest BCUT2D eigenvalue weighted by atomic mass is 10.2. The Balaban J connectivity index is 1.24. The van der Waals surface area contributed by atoms with Crippen LogP contribution < -0.4 is 10.6 Å². The highest BCUT2D eigenvalue weighted by atomic mass is 32.1. The van der Waals surface area contributed by atoms with Gasteiger partial charge in [-0.15, -0.1) is 0 Å². The number of aryl methyl sites for hydroxylation is 1. The normalized spacial score (nSPS) is 14.7. The molecule has 1 fully saturated rings. The molecule has 2 aromatic carbocycles. The first-order chi connectivity index (χ1) is 14.1. The Morgan fingerprint density at radius 2 is 1.72 bits per heavy atom. The summed E-state index contributed by atoms with van der Waals surface area (Å²) in [7, 11) is 0. The van der Waals surface area contributed by atoms with Gasteiger partial charge in [0.1, 0.15) is 0 Å². The predicted molar refractivity (Wildman–Crippen MR) is 116 cm³/mol. The molecular weight excluding hydrogens is 386 g/mol. The molecule has 8 heteroatoms. The minimum absolute atomic E-state index is 0.0405. The maximum atomic E-state index is 12.5. The van der Waals surface area contributed by atoms with Crippen molar-refractivity contribution in [2.45, 2.75) is 6.92 Å². The van der Waals surface area contributed by atoms with Crippen LogP contribution in [0.25, 0.3) is 10.2 Å². The van der Waals surface area contributed by atoms with Crippen LogP contribution in [0.4, 0.5) is 15.6 Å². The maximum absolute atomic E-state index is 12.5. The van der Waals surface area contributed by atoms with E-state index in [1.54, 1.807) is 4.90 Å². The van der Waals surface area contributed by atoms with E-state index in [4.69, 9.17) is 0 Å². The number of piperazine rings is 1. The van der Waals surface area contributed by atoms with E-state index in [0.29, 0.717) is 37.9 Å². The fourth-order valence-corrected chi connectivity index (χ4v) is 4.10. The number of hydrogen-bond donors (Lipinski definition) is 2. The Bertz CT molecular complexity index is 976. The van der Waals surface area contributed by atoms with Crippen molar-refractivity contribution in [1.82, 2.24) is 14.8 Å². The highest BCUT2D eigenvalue weighted by Crippen LogP contribution is 2.25. The lowest BCUT2D eigenvalue weighted by molar-refractivity contribution is -0.117. The molecule has 1 aliphatic rings. The summed E-state index contributed by atoms with van der Waals surface area (Å²) in [6.45, 7) is 4.81. The van der Waals surface area contributed by atoms with Gasteiger partial charge in [-0.2, -0.15) is 0 Å². The summed E-state index contributed by atoms with van der Waals surface area (Å²) in [5.74, 6) is -0.0405. The van der Waals surface area contributed by atoms with Gasteiger partial charge in [0, 0.05) is 31.9 Å². The van der Waals surface area contributed by atoms with Crippen LogP contribution in [0.1, 0.15) is 5.56 Å². The van der Waals surface area contributed by atoms with Crippen molar-refractivity contribution in [3.8, 4) is 0 Å². The number of nitrogens with one attached hydrogen (secondary N) is 2. The minimum atomic E-state index is -0.146. The average Bonchev–Trinajstić information content (AvgIpc) is 3.12. The summed E-state index contributed by atoms with van der Waals surface area (Å²) < 4.78 is 1.05. The zero-order valence-corrected chi connectivity index (χ0v) is 17.0. The third kappa shape index (κ3) is 4.90. The second kappa shape index (κ2) is 8.59. The maximum Gasteiger partial charge on any atom is 0.323 e. The average molecular weight is 410 g/mol. The number of para-hydroxylation sites is 1. The van der Waals surface area contributed by atoms with Gasteiger partial charge in [-0.1, -0.05) is 41.2 Å². The van der Waals surface area contributed by atoms with Crippen LogP contribution >= 0.6 is 11.3 Å². The molecule has 7 nitrogen and oxygen atoms in total. The zero-order chi connectivity index (χ0) is 20.2. The Labute approximate surface area is 173 Å². The molecule has 0 saturated carbocycles. The molecular formula is C21H23N5O2S. The number of urea groups is 1. The number of nitrogens with zero attached hydrogens (tertiary/aromatic N) is 3. The van der Waals surface area contributed by atoms with E-state index >= 15 is 0 Å². The lowest BCUT2D eigenvalue weighted by Crippen LogP contribution is -2.51. The number of thiazole rings is 1. The van der Waals surface area contributed by atoms with Crippen molar-refractivity contribution in [3.05, 3.63) is 54.1 Å². The van der Waals surface area contributed by atoms with Crippen LogP contribution in [0.15, 0.2) is 48.5 Å². The van der Waals surface area contributed by atoms with E-state index in [-0.39, 0.29) is 11.9 Å². The summed E-state index contributed by atoms with van der Waals surface area (Å²) in [6, 6.07) is 15.4. The quantitative estimate of drug-likeness (QED) is 0.692. The summed E-state index contributed by atoms with van der Waals surface area (Å²) in [5, 5.41) is 6.41. The Morgan fingerprint density at radius 1 is 1.00 bits per heavy atom. The van der Waals surface area contributed by atoms with Gasteiger partial charge in [0.2, 0.25) is 5.91 Å². The van der Waals surface area contributed by atoms with Crippen molar-refractivity contribution in [3.63, 3.8) is 0 Å². The number of carbonyl (C=O) groups excluding carboxylic acids is 2. The van der Waals surface area contributed by atoms with Gasteiger partial charge in [-0.05, 0) is 31.2 Å². The number of carbonyl (C=O) groups is 2. The van der Waals surface area contributed by atoms with E-state index in [1.807, 2.05) is 55.5 Å². The van der Waals surface area contributed by atoms with Gasteiger partial charge in [-0.3, -0.25) is 15.0 Å². The van der Waals surface area contributed by atoms with E-state index in [0.717, 1.165) is 21.5 Å². The molecule has 0 spiro atoms. The second-order valence-corrected chi connectivity index (χ2v) is 8.12. The van der Waals surface area contributed by atoms with Gasteiger partial charge in [0.15, 0.2) is 5.13 Å². The molecule has 0 atom stereocenters. The molecule has 0 unspecified atom stereocenters. The number of anilines is 2. The molecule has 0 aliphatic carbocycles. The molecule has 150 valence electrons. The van der Waals surface area contributed by atoms with Crippen LogP contribution in [-0.2, 0) is 4.79 Å². The van der Waals surface area contributed by atoms with E-state index in [9.17, 15) is 9.59 Å². The summed E-state index contributed by atoms with van der Waals surface area (Å²) in [5.41, 5.74) is 2.84. The fraction of sp³-hybridized carbons (Fsp3) is 0.286.